The first-order valence-electron chi connectivity index (χ1n) is 15.6. The molecule has 0 aliphatic carbocycles. The quantitative estimate of drug-likeness (QED) is 0.108. The van der Waals surface area contributed by atoms with Gasteiger partial charge in [-0.05, 0) is 86.5 Å². The van der Waals surface area contributed by atoms with Gasteiger partial charge in [0.2, 0.25) is 0 Å². The van der Waals surface area contributed by atoms with Gasteiger partial charge in [-0.3, -0.25) is 0 Å². The summed E-state index contributed by atoms with van der Waals surface area (Å²) < 4.78 is 32.6. The molecule has 2 atom stereocenters. The first kappa shape index (κ1) is 36.6. The van der Waals surface area contributed by atoms with Crippen LogP contribution in [0.3, 0.4) is 0 Å². The molecule has 2 aliphatic heterocycles. The van der Waals surface area contributed by atoms with Crippen LogP contribution >= 0.6 is 24.4 Å². The summed E-state index contributed by atoms with van der Waals surface area (Å²) in [5.41, 5.74) is 3.92. The van der Waals surface area contributed by atoms with E-state index >= 15 is 0 Å². The highest BCUT2D eigenvalue weighted by molar-refractivity contribution is 7.80. The summed E-state index contributed by atoms with van der Waals surface area (Å²) >= 11 is 10.7. The molecule has 0 fully saturated rings. The number of carbonyl (C=O) groups is 2. The minimum Gasteiger partial charge on any atom is -0.494 e. The van der Waals surface area contributed by atoms with E-state index in [2.05, 4.69) is 21.3 Å². The maximum atomic E-state index is 12.8. The zero-order chi connectivity index (χ0) is 34.5. The highest BCUT2D eigenvalue weighted by Gasteiger charge is 2.32. The molecule has 2 aromatic rings. The summed E-state index contributed by atoms with van der Waals surface area (Å²) in [6.45, 7) is 5.58. The zero-order valence-electron chi connectivity index (χ0n) is 27.5. The van der Waals surface area contributed by atoms with E-state index in [1.54, 1.807) is 28.1 Å². The van der Waals surface area contributed by atoms with E-state index in [4.69, 9.17) is 52.9 Å². The number of unbranched alkanes of at least 4 members (excludes halogenated alkanes) is 1. The molecule has 0 saturated carbocycles. The third kappa shape index (κ3) is 10.1. The van der Waals surface area contributed by atoms with Crippen LogP contribution in [0.4, 0.5) is 0 Å². The average Bonchev–Trinajstić information content (AvgIpc) is 3.06. The van der Waals surface area contributed by atoms with Crippen molar-refractivity contribution in [3.8, 4) is 11.5 Å². The summed E-state index contributed by atoms with van der Waals surface area (Å²) in [5.74, 6) is 0.565. The fraction of sp³-hybridized carbons (Fsp3) is 0.412. The van der Waals surface area contributed by atoms with Gasteiger partial charge in [0.1, 0.15) is 24.7 Å². The lowest BCUT2D eigenvalue weighted by Crippen LogP contribution is -2.45. The standard InChI is InChI=1S/C34H42N4O8S2/c1-21-27(31(39)45-19-17-41-3)29(37-33(47)35-21)23-7-11-25(12-8-23)43-15-5-6-16-44-26-13-9-24(10-14-26)30-28(22(2)36-34(48)38-30)32(40)46-20-18-42-4/h7-14,29-30H,5-6,15-20H2,1-4H3,(H2,35,37,47)(H2,36,38,48). The number of carbonyl (C=O) groups excluding carboxylic acids is 2. The molecule has 0 aromatic heterocycles. The molecular formula is C34H42N4O8S2. The van der Waals surface area contributed by atoms with Gasteiger partial charge >= 0.3 is 11.9 Å². The highest BCUT2D eigenvalue weighted by Crippen LogP contribution is 2.30. The molecule has 0 radical (unpaired) electrons. The Morgan fingerprint density at radius 1 is 0.604 bits per heavy atom. The number of hydrogen-bond donors (Lipinski definition) is 4. The molecule has 2 aromatic carbocycles. The lowest BCUT2D eigenvalue weighted by Gasteiger charge is -2.30. The number of ether oxygens (including phenoxy) is 6. The second-order valence-corrected chi connectivity index (χ2v) is 11.8. The molecule has 258 valence electrons. The van der Waals surface area contributed by atoms with Gasteiger partial charge in [0.05, 0.1) is 49.7 Å². The fourth-order valence-corrected chi connectivity index (χ4v) is 5.66. The van der Waals surface area contributed by atoms with Crippen molar-refractivity contribution >= 4 is 46.6 Å². The Kier molecular flexibility index (Phi) is 14.0. The summed E-state index contributed by atoms with van der Waals surface area (Å²) in [7, 11) is 3.10. The van der Waals surface area contributed by atoms with E-state index in [1.807, 2.05) is 48.5 Å². The third-order valence-electron chi connectivity index (χ3n) is 7.52. The molecule has 14 heteroatoms. The van der Waals surface area contributed by atoms with Crippen LogP contribution in [0.5, 0.6) is 11.5 Å². The van der Waals surface area contributed by atoms with Crippen molar-refractivity contribution in [2.75, 3.05) is 53.9 Å². The van der Waals surface area contributed by atoms with Gasteiger partial charge in [0.25, 0.3) is 0 Å². The average molecular weight is 699 g/mol. The Morgan fingerprint density at radius 2 is 0.979 bits per heavy atom. The number of rotatable bonds is 17. The number of nitrogens with one attached hydrogen (secondary N) is 4. The van der Waals surface area contributed by atoms with Crippen LogP contribution in [0.15, 0.2) is 71.1 Å². The normalized spacial score (nSPS) is 17.5. The molecule has 0 saturated heterocycles. The first-order valence-corrected chi connectivity index (χ1v) is 16.4. The van der Waals surface area contributed by atoms with Crippen molar-refractivity contribution < 1.29 is 38.0 Å². The van der Waals surface area contributed by atoms with Gasteiger partial charge in [0, 0.05) is 25.6 Å². The molecular weight excluding hydrogens is 657 g/mol. The van der Waals surface area contributed by atoms with Crippen LogP contribution in [0.1, 0.15) is 49.9 Å². The van der Waals surface area contributed by atoms with Crippen molar-refractivity contribution in [1.82, 2.24) is 21.3 Å². The summed E-state index contributed by atoms with van der Waals surface area (Å²) in [6, 6.07) is 14.2. The largest absolute Gasteiger partial charge is 0.494 e. The second-order valence-electron chi connectivity index (χ2n) is 10.9. The van der Waals surface area contributed by atoms with Crippen LogP contribution in [0, 0.1) is 0 Å². The van der Waals surface area contributed by atoms with Crippen molar-refractivity contribution in [1.29, 1.82) is 0 Å². The van der Waals surface area contributed by atoms with Crippen molar-refractivity contribution in [3.05, 3.63) is 82.2 Å². The number of benzene rings is 2. The molecule has 48 heavy (non-hydrogen) atoms. The Labute approximate surface area is 291 Å². The lowest BCUT2D eigenvalue weighted by molar-refractivity contribution is -0.141. The van der Waals surface area contributed by atoms with Crippen molar-refractivity contribution in [3.63, 3.8) is 0 Å². The number of thiocarbonyl (C=S) groups is 2. The van der Waals surface area contributed by atoms with Gasteiger partial charge in [-0.15, -0.1) is 0 Å². The Bertz CT molecular complexity index is 1400. The second kappa shape index (κ2) is 18.3. The molecule has 12 nitrogen and oxygen atoms in total. The number of methoxy groups -OCH3 is 2. The molecule has 0 bridgehead atoms. The Hall–Kier alpha value is -4.24. The minimum atomic E-state index is -0.451. The number of hydrogen-bond acceptors (Lipinski definition) is 10. The molecule has 2 aliphatic rings. The molecule has 2 heterocycles. The SMILES string of the molecule is COCCOC(=O)C1=C(C)NC(=S)NC1c1ccc(OCCCCOc2ccc(C3NC(=S)NC(C)=C3C(=O)OCCOC)cc2)cc1. The van der Waals surface area contributed by atoms with E-state index in [9.17, 15) is 9.59 Å². The van der Waals surface area contributed by atoms with Crippen LogP contribution < -0.4 is 30.7 Å². The molecule has 4 N–H and O–H groups in total. The number of allylic oxidation sites excluding steroid dienone is 2. The first-order chi connectivity index (χ1) is 23.2. The summed E-state index contributed by atoms with van der Waals surface area (Å²) in [4.78, 5) is 25.6. The van der Waals surface area contributed by atoms with Gasteiger partial charge in [-0.25, -0.2) is 9.59 Å². The topological polar surface area (TPSA) is 138 Å². The van der Waals surface area contributed by atoms with E-state index in [1.165, 1.54) is 0 Å². The van der Waals surface area contributed by atoms with Crippen LogP contribution in [-0.4, -0.2) is 76.0 Å². The minimum absolute atomic E-state index is 0.160. The smallest absolute Gasteiger partial charge is 0.338 e. The third-order valence-corrected chi connectivity index (χ3v) is 7.96. The predicted octanol–water partition coefficient (Wildman–Crippen LogP) is 3.89. The van der Waals surface area contributed by atoms with E-state index in [-0.39, 0.29) is 13.2 Å². The Morgan fingerprint density at radius 3 is 1.33 bits per heavy atom. The van der Waals surface area contributed by atoms with E-state index in [0.717, 1.165) is 24.0 Å². The maximum absolute atomic E-state index is 12.8. The van der Waals surface area contributed by atoms with Gasteiger partial charge in [-0.1, -0.05) is 24.3 Å². The van der Waals surface area contributed by atoms with Crippen LogP contribution in [0.2, 0.25) is 0 Å². The Balaban J connectivity index is 1.23. The van der Waals surface area contributed by atoms with E-state index < -0.39 is 24.0 Å². The lowest BCUT2D eigenvalue weighted by atomic mass is 9.95. The predicted molar refractivity (Wildman–Crippen MR) is 187 cm³/mol. The van der Waals surface area contributed by atoms with Gasteiger partial charge < -0.3 is 49.7 Å². The van der Waals surface area contributed by atoms with Gasteiger partial charge in [0.15, 0.2) is 10.2 Å². The van der Waals surface area contributed by atoms with Crippen molar-refractivity contribution in [2.45, 2.75) is 38.8 Å². The number of esters is 2. The zero-order valence-corrected chi connectivity index (χ0v) is 29.1. The van der Waals surface area contributed by atoms with Crippen LogP contribution in [-0.2, 0) is 28.5 Å². The van der Waals surface area contributed by atoms with Gasteiger partial charge in [-0.2, -0.15) is 0 Å². The van der Waals surface area contributed by atoms with E-state index in [0.29, 0.717) is 70.7 Å². The molecule has 0 amide bonds. The fourth-order valence-electron chi connectivity index (χ4n) is 5.12. The van der Waals surface area contributed by atoms with Crippen LogP contribution in [0.25, 0.3) is 0 Å². The molecule has 0 spiro atoms. The highest BCUT2D eigenvalue weighted by atomic mass is 32.1. The monoisotopic (exact) mass is 698 g/mol. The molecule has 2 unspecified atom stereocenters. The maximum Gasteiger partial charge on any atom is 0.338 e. The summed E-state index contributed by atoms with van der Waals surface area (Å²) in [6.07, 6.45) is 1.58. The summed E-state index contributed by atoms with van der Waals surface area (Å²) in [5, 5.41) is 13.2. The van der Waals surface area contributed by atoms with Crippen molar-refractivity contribution in [2.24, 2.45) is 0 Å². The molecule has 4 rings (SSSR count).